The van der Waals surface area contributed by atoms with Crippen LogP contribution in [0.5, 0.6) is 0 Å². The van der Waals surface area contributed by atoms with Gasteiger partial charge in [0.1, 0.15) is 6.04 Å². The molecular formula is C19H23N3O2S. The van der Waals surface area contributed by atoms with Gasteiger partial charge in [-0.3, -0.25) is 4.79 Å². The summed E-state index contributed by atoms with van der Waals surface area (Å²) in [6.07, 6.45) is 3.20. The minimum Gasteiger partial charge on any atom is -0.352 e. The van der Waals surface area contributed by atoms with Gasteiger partial charge in [-0.25, -0.2) is 4.79 Å². The van der Waals surface area contributed by atoms with E-state index in [9.17, 15) is 9.59 Å². The van der Waals surface area contributed by atoms with E-state index < -0.39 is 12.1 Å². The van der Waals surface area contributed by atoms with Crippen LogP contribution in [0.2, 0.25) is 0 Å². The lowest BCUT2D eigenvalue weighted by atomic mass is 10.0. The number of benzene rings is 2. The lowest BCUT2D eigenvalue weighted by Crippen LogP contribution is -2.46. The van der Waals surface area contributed by atoms with Crippen molar-refractivity contribution in [2.45, 2.75) is 18.9 Å². The third kappa shape index (κ3) is 6.15. The number of hydrogen-bond acceptors (Lipinski definition) is 3. The fraction of sp³-hybridized carbons (Fsp3) is 0.263. The predicted molar refractivity (Wildman–Crippen MR) is 104 cm³/mol. The highest BCUT2D eigenvalue weighted by Crippen LogP contribution is 2.19. The van der Waals surface area contributed by atoms with E-state index in [0.717, 1.165) is 23.4 Å². The molecule has 25 heavy (non-hydrogen) atoms. The molecule has 132 valence electrons. The minimum atomic E-state index is -0.696. The normalized spacial score (nSPS) is 11.6. The summed E-state index contributed by atoms with van der Waals surface area (Å²) in [5.41, 5.74) is 8.12. The Hall–Kier alpha value is -2.47. The van der Waals surface area contributed by atoms with Crippen LogP contribution < -0.4 is 16.4 Å². The molecule has 0 aliphatic carbocycles. The zero-order valence-electron chi connectivity index (χ0n) is 14.2. The lowest BCUT2D eigenvalue weighted by Gasteiger charge is -2.18. The number of nitrogens with one attached hydrogen (secondary N) is 2. The van der Waals surface area contributed by atoms with Crippen molar-refractivity contribution in [1.82, 2.24) is 5.32 Å². The standard InChI is InChI=1S/C19H23N3O2S/c1-25-12-11-17(22-19(20)24)18(23)21-16-10-6-5-9-15(16)13-14-7-3-2-4-8-14/h2-10,17H,11-13H2,1H3,(H,21,23)(H3,20,22,24)/t17-/m0/s1. The van der Waals surface area contributed by atoms with Gasteiger partial charge in [0, 0.05) is 5.69 Å². The lowest BCUT2D eigenvalue weighted by molar-refractivity contribution is -0.117. The third-order valence-electron chi connectivity index (χ3n) is 3.76. The molecule has 2 aromatic carbocycles. The minimum absolute atomic E-state index is 0.256. The molecule has 0 aromatic heterocycles. The van der Waals surface area contributed by atoms with Crippen molar-refractivity contribution in [3.8, 4) is 0 Å². The molecular weight excluding hydrogens is 334 g/mol. The van der Waals surface area contributed by atoms with Crippen LogP contribution in [-0.2, 0) is 11.2 Å². The van der Waals surface area contributed by atoms with Crippen molar-refractivity contribution in [2.24, 2.45) is 5.73 Å². The zero-order valence-corrected chi connectivity index (χ0v) is 15.0. The van der Waals surface area contributed by atoms with Crippen molar-refractivity contribution in [2.75, 3.05) is 17.3 Å². The number of carbonyl (C=O) groups is 2. The summed E-state index contributed by atoms with van der Waals surface area (Å²) in [5, 5.41) is 5.44. The quantitative estimate of drug-likeness (QED) is 0.679. The van der Waals surface area contributed by atoms with E-state index in [1.165, 1.54) is 5.56 Å². The van der Waals surface area contributed by atoms with Crippen molar-refractivity contribution < 1.29 is 9.59 Å². The van der Waals surface area contributed by atoms with Crippen LogP contribution in [-0.4, -0.2) is 30.0 Å². The van der Waals surface area contributed by atoms with Gasteiger partial charge < -0.3 is 16.4 Å². The number of carbonyl (C=O) groups excluding carboxylic acids is 2. The van der Waals surface area contributed by atoms with Gasteiger partial charge in [0.25, 0.3) is 0 Å². The summed E-state index contributed by atoms with van der Waals surface area (Å²) in [7, 11) is 0. The molecule has 3 amide bonds. The topological polar surface area (TPSA) is 84.2 Å². The summed E-state index contributed by atoms with van der Waals surface area (Å²) < 4.78 is 0. The van der Waals surface area contributed by atoms with E-state index in [1.807, 2.05) is 48.7 Å². The highest BCUT2D eigenvalue weighted by molar-refractivity contribution is 7.98. The average Bonchev–Trinajstić information content (AvgIpc) is 2.61. The maximum Gasteiger partial charge on any atom is 0.312 e. The van der Waals surface area contributed by atoms with Crippen LogP contribution in [0.3, 0.4) is 0 Å². The second-order valence-electron chi connectivity index (χ2n) is 5.65. The SMILES string of the molecule is CSCC[C@H](NC(N)=O)C(=O)Nc1ccccc1Cc1ccccc1. The van der Waals surface area contributed by atoms with Crippen molar-refractivity contribution in [3.63, 3.8) is 0 Å². The summed E-state index contributed by atoms with van der Waals surface area (Å²) in [4.78, 5) is 23.7. The Labute approximate surface area is 152 Å². The van der Waals surface area contributed by atoms with Crippen LogP contribution in [0.15, 0.2) is 54.6 Å². The van der Waals surface area contributed by atoms with Gasteiger partial charge in [0.2, 0.25) is 5.91 Å². The molecule has 0 fully saturated rings. The van der Waals surface area contributed by atoms with E-state index in [1.54, 1.807) is 11.8 Å². The molecule has 0 saturated heterocycles. The summed E-state index contributed by atoms with van der Waals surface area (Å²) in [6, 6.07) is 16.4. The predicted octanol–water partition coefficient (Wildman–Crippen LogP) is 3.01. The molecule has 0 spiro atoms. The second-order valence-corrected chi connectivity index (χ2v) is 6.64. The summed E-state index contributed by atoms with van der Waals surface area (Å²) in [5.74, 6) is 0.498. The number of hydrogen-bond donors (Lipinski definition) is 3. The number of thioether (sulfide) groups is 1. The Bertz CT molecular complexity index is 707. The molecule has 0 bridgehead atoms. The van der Waals surface area contributed by atoms with Crippen LogP contribution in [0.1, 0.15) is 17.5 Å². The molecule has 5 nitrogen and oxygen atoms in total. The molecule has 0 unspecified atom stereocenters. The van der Waals surface area contributed by atoms with Gasteiger partial charge in [0.05, 0.1) is 0 Å². The van der Waals surface area contributed by atoms with Gasteiger partial charge in [0.15, 0.2) is 0 Å². The number of rotatable bonds is 8. The zero-order chi connectivity index (χ0) is 18.1. The van der Waals surface area contributed by atoms with Gasteiger partial charge in [-0.2, -0.15) is 11.8 Å². The highest BCUT2D eigenvalue weighted by Gasteiger charge is 2.20. The Morgan fingerprint density at radius 3 is 2.44 bits per heavy atom. The second kappa shape index (κ2) is 9.74. The van der Waals surface area contributed by atoms with Gasteiger partial charge in [-0.05, 0) is 42.0 Å². The van der Waals surface area contributed by atoms with Crippen molar-refractivity contribution in [3.05, 3.63) is 65.7 Å². The molecule has 6 heteroatoms. The first-order chi connectivity index (χ1) is 12.1. The fourth-order valence-corrected chi connectivity index (χ4v) is 2.98. The number of nitrogens with two attached hydrogens (primary N) is 1. The van der Waals surface area contributed by atoms with Crippen molar-refractivity contribution in [1.29, 1.82) is 0 Å². The first kappa shape index (κ1) is 18.9. The number of anilines is 1. The summed E-state index contributed by atoms with van der Waals surface area (Å²) >= 11 is 1.61. The van der Waals surface area contributed by atoms with E-state index in [-0.39, 0.29) is 5.91 Å². The van der Waals surface area contributed by atoms with Gasteiger partial charge in [-0.1, -0.05) is 48.5 Å². The van der Waals surface area contributed by atoms with E-state index >= 15 is 0 Å². The summed E-state index contributed by atoms with van der Waals surface area (Å²) in [6.45, 7) is 0. The van der Waals surface area contributed by atoms with Crippen molar-refractivity contribution >= 4 is 29.4 Å². The van der Waals surface area contributed by atoms with Crippen LogP contribution in [0.4, 0.5) is 10.5 Å². The average molecular weight is 357 g/mol. The molecule has 1 atom stereocenters. The van der Waals surface area contributed by atoms with E-state index in [2.05, 4.69) is 22.8 Å². The maximum absolute atomic E-state index is 12.6. The van der Waals surface area contributed by atoms with E-state index in [0.29, 0.717) is 6.42 Å². The van der Waals surface area contributed by atoms with Crippen LogP contribution in [0.25, 0.3) is 0 Å². The molecule has 0 aliphatic rings. The fourth-order valence-electron chi connectivity index (χ4n) is 2.51. The third-order valence-corrected chi connectivity index (χ3v) is 4.40. The van der Waals surface area contributed by atoms with Crippen LogP contribution >= 0.6 is 11.8 Å². The molecule has 2 rings (SSSR count). The van der Waals surface area contributed by atoms with E-state index in [4.69, 9.17) is 5.73 Å². The smallest absolute Gasteiger partial charge is 0.312 e. The van der Waals surface area contributed by atoms with Gasteiger partial charge >= 0.3 is 6.03 Å². The highest BCUT2D eigenvalue weighted by atomic mass is 32.2. The number of urea groups is 1. The Balaban J connectivity index is 2.12. The van der Waals surface area contributed by atoms with Gasteiger partial charge in [-0.15, -0.1) is 0 Å². The Kier molecular flexibility index (Phi) is 7.35. The molecule has 2 aromatic rings. The molecule has 4 N–H and O–H groups in total. The maximum atomic E-state index is 12.6. The molecule has 0 aliphatic heterocycles. The number of primary amides is 1. The van der Waals surface area contributed by atoms with Crippen LogP contribution in [0, 0.1) is 0 Å². The molecule has 0 radical (unpaired) electrons. The largest absolute Gasteiger partial charge is 0.352 e. The monoisotopic (exact) mass is 357 g/mol. The first-order valence-corrected chi connectivity index (χ1v) is 9.47. The molecule has 0 saturated carbocycles. The Morgan fingerprint density at radius 2 is 1.76 bits per heavy atom. The number of para-hydroxylation sites is 1. The first-order valence-electron chi connectivity index (χ1n) is 8.07. The molecule has 0 heterocycles. The number of amides is 3. The Morgan fingerprint density at radius 1 is 1.08 bits per heavy atom.